The molecule has 3 rings (SSSR count). The van der Waals surface area contributed by atoms with Crippen molar-refractivity contribution < 1.29 is 9.47 Å². The van der Waals surface area contributed by atoms with Crippen LogP contribution in [0.3, 0.4) is 0 Å². The van der Waals surface area contributed by atoms with Crippen molar-refractivity contribution >= 4 is 15.9 Å². The Bertz CT molecular complexity index is 413. The van der Waals surface area contributed by atoms with Crippen LogP contribution in [0.2, 0.25) is 0 Å². The van der Waals surface area contributed by atoms with Crippen LogP contribution in [0.4, 0.5) is 0 Å². The predicted molar refractivity (Wildman–Crippen MR) is 75.7 cm³/mol. The summed E-state index contributed by atoms with van der Waals surface area (Å²) in [5.41, 5.74) is 1.31. The third-order valence-corrected chi connectivity index (χ3v) is 4.85. The molecule has 0 saturated heterocycles. The molecule has 1 atom stereocenters. The van der Waals surface area contributed by atoms with Crippen LogP contribution in [0, 0.1) is 5.92 Å². The summed E-state index contributed by atoms with van der Waals surface area (Å²) in [5.74, 6) is 2.67. The zero-order valence-corrected chi connectivity index (χ0v) is 12.1. The molecule has 1 aliphatic heterocycles. The summed E-state index contributed by atoms with van der Waals surface area (Å²) in [6, 6.07) is 6.32. The molecule has 1 unspecified atom stereocenters. The molecular weight excluding hydrogens is 292 g/mol. The highest BCUT2D eigenvalue weighted by atomic mass is 79.9. The highest BCUT2D eigenvalue weighted by Crippen LogP contribution is 2.40. The maximum Gasteiger partial charge on any atom is 0.161 e. The zero-order chi connectivity index (χ0) is 12.4. The molecule has 2 aliphatic rings. The molecular formula is C15H19BrO2. The second-order valence-electron chi connectivity index (χ2n) is 5.26. The first kappa shape index (κ1) is 12.3. The van der Waals surface area contributed by atoms with Gasteiger partial charge in [-0.15, -0.1) is 0 Å². The Kier molecular flexibility index (Phi) is 3.78. The Hall–Kier alpha value is -0.700. The van der Waals surface area contributed by atoms with E-state index in [4.69, 9.17) is 9.47 Å². The number of alkyl halides is 1. The van der Waals surface area contributed by atoms with Gasteiger partial charge in [-0.1, -0.05) is 47.7 Å². The Balaban J connectivity index is 1.70. The lowest BCUT2D eigenvalue weighted by Gasteiger charge is -2.21. The molecule has 1 saturated carbocycles. The van der Waals surface area contributed by atoms with Gasteiger partial charge in [0, 0.05) is 4.83 Å². The van der Waals surface area contributed by atoms with Crippen molar-refractivity contribution in [3.63, 3.8) is 0 Å². The van der Waals surface area contributed by atoms with Crippen LogP contribution in [0.1, 0.15) is 42.5 Å². The van der Waals surface area contributed by atoms with Gasteiger partial charge in [-0.25, -0.2) is 0 Å². The monoisotopic (exact) mass is 310 g/mol. The SMILES string of the molecule is BrC(CC1CCCC1)c1ccc2c(c1)OCCO2. The number of fused-ring (bicyclic) bond motifs is 1. The van der Waals surface area contributed by atoms with E-state index in [1.54, 1.807) is 0 Å². The van der Waals surface area contributed by atoms with E-state index in [-0.39, 0.29) is 0 Å². The van der Waals surface area contributed by atoms with Gasteiger partial charge >= 0.3 is 0 Å². The molecule has 1 fully saturated rings. The molecule has 1 aromatic carbocycles. The van der Waals surface area contributed by atoms with Crippen LogP contribution in [0.25, 0.3) is 0 Å². The van der Waals surface area contributed by atoms with E-state index in [1.807, 2.05) is 6.07 Å². The minimum atomic E-state index is 0.441. The maximum atomic E-state index is 5.64. The minimum Gasteiger partial charge on any atom is -0.486 e. The van der Waals surface area contributed by atoms with Gasteiger partial charge < -0.3 is 9.47 Å². The zero-order valence-electron chi connectivity index (χ0n) is 10.5. The van der Waals surface area contributed by atoms with Crippen molar-refractivity contribution in [2.45, 2.75) is 36.9 Å². The first-order chi connectivity index (χ1) is 8.83. The van der Waals surface area contributed by atoms with Gasteiger partial charge in [-0.05, 0) is 30.0 Å². The minimum absolute atomic E-state index is 0.441. The average Bonchev–Trinajstić information content (AvgIpc) is 2.91. The topological polar surface area (TPSA) is 18.5 Å². The normalized spacial score (nSPS) is 20.9. The standard InChI is InChI=1S/C15H19BrO2/c16-13(9-11-3-1-2-4-11)12-5-6-14-15(10-12)18-8-7-17-14/h5-6,10-11,13H,1-4,7-9H2. The average molecular weight is 311 g/mol. The molecule has 3 heteroatoms. The molecule has 18 heavy (non-hydrogen) atoms. The van der Waals surface area contributed by atoms with Gasteiger partial charge in [0.15, 0.2) is 11.5 Å². The molecule has 2 nitrogen and oxygen atoms in total. The number of hydrogen-bond acceptors (Lipinski definition) is 2. The van der Waals surface area contributed by atoms with Crippen LogP contribution in [0.5, 0.6) is 11.5 Å². The second kappa shape index (κ2) is 5.52. The van der Waals surface area contributed by atoms with Crippen LogP contribution >= 0.6 is 15.9 Å². The van der Waals surface area contributed by atoms with Crippen molar-refractivity contribution in [1.82, 2.24) is 0 Å². The van der Waals surface area contributed by atoms with E-state index in [2.05, 4.69) is 28.1 Å². The molecule has 0 amide bonds. The number of halogens is 1. The van der Waals surface area contributed by atoms with Crippen molar-refractivity contribution in [2.75, 3.05) is 13.2 Å². The van der Waals surface area contributed by atoms with E-state index >= 15 is 0 Å². The second-order valence-corrected chi connectivity index (χ2v) is 6.36. The van der Waals surface area contributed by atoms with E-state index in [0.717, 1.165) is 17.4 Å². The number of rotatable bonds is 3. The molecule has 1 aliphatic carbocycles. The fourth-order valence-corrected chi connectivity index (χ4v) is 3.74. The van der Waals surface area contributed by atoms with Crippen LogP contribution in [-0.4, -0.2) is 13.2 Å². The lowest BCUT2D eigenvalue weighted by molar-refractivity contribution is 0.171. The van der Waals surface area contributed by atoms with Crippen LogP contribution in [0.15, 0.2) is 18.2 Å². The largest absolute Gasteiger partial charge is 0.486 e. The number of benzene rings is 1. The highest BCUT2D eigenvalue weighted by molar-refractivity contribution is 9.09. The van der Waals surface area contributed by atoms with Gasteiger partial charge in [0.05, 0.1) is 0 Å². The van der Waals surface area contributed by atoms with Gasteiger partial charge in [0.1, 0.15) is 13.2 Å². The van der Waals surface area contributed by atoms with Gasteiger partial charge in [-0.3, -0.25) is 0 Å². The summed E-state index contributed by atoms with van der Waals surface area (Å²) in [7, 11) is 0. The van der Waals surface area contributed by atoms with E-state index in [1.165, 1.54) is 37.7 Å². The Morgan fingerprint density at radius 1 is 1.11 bits per heavy atom. The van der Waals surface area contributed by atoms with E-state index < -0.39 is 0 Å². The highest BCUT2D eigenvalue weighted by Gasteiger charge is 2.21. The lowest BCUT2D eigenvalue weighted by Crippen LogP contribution is -2.15. The number of hydrogen-bond donors (Lipinski definition) is 0. The molecule has 0 spiro atoms. The van der Waals surface area contributed by atoms with Gasteiger partial charge in [0.2, 0.25) is 0 Å². The van der Waals surface area contributed by atoms with Crippen LogP contribution in [-0.2, 0) is 0 Å². The summed E-state index contributed by atoms with van der Waals surface area (Å²) >= 11 is 3.83. The van der Waals surface area contributed by atoms with Crippen molar-refractivity contribution in [1.29, 1.82) is 0 Å². The Morgan fingerprint density at radius 3 is 2.61 bits per heavy atom. The number of ether oxygens (including phenoxy) is 2. The fraction of sp³-hybridized carbons (Fsp3) is 0.600. The summed E-state index contributed by atoms with van der Waals surface area (Å²) in [5, 5.41) is 0. The molecule has 1 heterocycles. The van der Waals surface area contributed by atoms with E-state index in [0.29, 0.717) is 18.0 Å². The summed E-state index contributed by atoms with van der Waals surface area (Å²) in [4.78, 5) is 0.441. The molecule has 0 bridgehead atoms. The van der Waals surface area contributed by atoms with Gasteiger partial charge in [0.25, 0.3) is 0 Å². The maximum absolute atomic E-state index is 5.64. The molecule has 98 valence electrons. The Labute approximate surface area is 117 Å². The van der Waals surface area contributed by atoms with Crippen molar-refractivity contribution in [3.05, 3.63) is 23.8 Å². The molecule has 0 N–H and O–H groups in total. The quantitative estimate of drug-likeness (QED) is 0.767. The summed E-state index contributed by atoms with van der Waals surface area (Å²) < 4.78 is 11.2. The summed E-state index contributed by atoms with van der Waals surface area (Å²) in [6.07, 6.45) is 6.84. The Morgan fingerprint density at radius 2 is 1.83 bits per heavy atom. The third-order valence-electron chi connectivity index (χ3n) is 3.94. The van der Waals surface area contributed by atoms with Gasteiger partial charge in [-0.2, -0.15) is 0 Å². The lowest BCUT2D eigenvalue weighted by atomic mass is 9.98. The molecule has 1 aromatic rings. The third kappa shape index (κ3) is 2.66. The molecule has 0 aromatic heterocycles. The van der Waals surface area contributed by atoms with Crippen molar-refractivity contribution in [3.8, 4) is 11.5 Å². The fourth-order valence-electron chi connectivity index (χ4n) is 2.93. The first-order valence-electron chi connectivity index (χ1n) is 6.86. The summed E-state index contributed by atoms with van der Waals surface area (Å²) in [6.45, 7) is 1.32. The molecule has 0 radical (unpaired) electrons. The van der Waals surface area contributed by atoms with Crippen molar-refractivity contribution in [2.24, 2.45) is 5.92 Å². The smallest absolute Gasteiger partial charge is 0.161 e. The first-order valence-corrected chi connectivity index (χ1v) is 7.78. The predicted octanol–water partition coefficient (Wildman–Crippen LogP) is 4.47. The van der Waals surface area contributed by atoms with Crippen LogP contribution < -0.4 is 9.47 Å². The van der Waals surface area contributed by atoms with E-state index in [9.17, 15) is 0 Å².